The van der Waals surface area contributed by atoms with E-state index in [1.54, 1.807) is 51.2 Å². The summed E-state index contributed by atoms with van der Waals surface area (Å²) >= 11 is 3.43. The molecular weight excluding hydrogens is 545 g/mol. The van der Waals surface area contributed by atoms with E-state index >= 15 is 0 Å². The summed E-state index contributed by atoms with van der Waals surface area (Å²) in [6.45, 7) is 3.22. The molecule has 0 spiro atoms. The number of benzene rings is 3. The van der Waals surface area contributed by atoms with Crippen molar-refractivity contribution in [3.63, 3.8) is 0 Å². The van der Waals surface area contributed by atoms with E-state index in [0.29, 0.717) is 28.7 Å². The van der Waals surface area contributed by atoms with Crippen LogP contribution >= 0.6 is 23.7 Å². The maximum Gasteiger partial charge on any atom is 0.432 e. The van der Waals surface area contributed by atoms with Crippen LogP contribution in [0, 0.1) is 0 Å². The largest absolute Gasteiger partial charge is 0.432 e. The maximum absolute atomic E-state index is 12.8. The Labute approximate surface area is 216 Å². The lowest BCUT2D eigenvalue weighted by atomic mass is 9.98. The predicted molar refractivity (Wildman–Crippen MR) is 143 cm³/mol. The molecule has 1 amide bonds. The second-order valence-corrected chi connectivity index (χ2v) is 11.0. The highest BCUT2D eigenvalue weighted by Crippen LogP contribution is 2.38. The third-order valence-corrected chi connectivity index (χ3v) is 7.19. The second kappa shape index (κ2) is 10.5. The minimum Gasteiger partial charge on any atom is -0.308 e. The number of rotatable bonds is 7. The summed E-state index contributed by atoms with van der Waals surface area (Å²) in [5.74, 6) is -0.143. The van der Waals surface area contributed by atoms with Gasteiger partial charge in [-0.3, -0.25) is 23.8 Å². The monoisotopic (exact) mass is 569 g/mol. The fraction of sp³-hybridized carbons (Fsp3) is 0.192. The van der Waals surface area contributed by atoms with Crippen LogP contribution < -0.4 is 10.6 Å². The number of aromatic nitrogens is 2. The number of fused-ring (bicyclic) bond motifs is 1. The van der Waals surface area contributed by atoms with E-state index in [-0.39, 0.29) is 11.1 Å². The zero-order valence-electron chi connectivity index (χ0n) is 19.9. The lowest BCUT2D eigenvalue weighted by Crippen LogP contribution is -2.24. The van der Waals surface area contributed by atoms with Crippen molar-refractivity contribution in [1.82, 2.24) is 14.6 Å². The first-order valence-corrected chi connectivity index (χ1v) is 13.6. The number of hydrogen-bond acceptors (Lipinski definition) is 5. The molecule has 0 saturated heterocycles. The summed E-state index contributed by atoms with van der Waals surface area (Å²) in [6, 6.07) is 19.8. The molecule has 8 nitrogen and oxygen atoms in total. The van der Waals surface area contributed by atoms with Gasteiger partial charge in [0.25, 0.3) is 11.5 Å². The Balaban J connectivity index is 1.60. The number of nitrogens with zero attached hydrogens (tertiary/aromatic N) is 2. The normalized spacial score (nSPS) is 13.1. The first kappa shape index (κ1) is 26.0. The number of hydrogen-bond donors (Lipinski definition) is 2. The van der Waals surface area contributed by atoms with Gasteiger partial charge < -0.3 is 4.89 Å². The minimum atomic E-state index is -4.28. The van der Waals surface area contributed by atoms with E-state index < -0.39 is 19.8 Å². The average Bonchev–Trinajstić information content (AvgIpc) is 2.81. The molecule has 186 valence electrons. The molecule has 0 aliphatic carbocycles. The van der Waals surface area contributed by atoms with Crippen LogP contribution in [0.4, 0.5) is 0 Å². The van der Waals surface area contributed by atoms with Gasteiger partial charge in [-0.1, -0.05) is 58.4 Å². The Morgan fingerprint density at radius 3 is 2.53 bits per heavy atom. The molecule has 1 atom stereocenters. The summed E-state index contributed by atoms with van der Waals surface area (Å²) in [5, 5.41) is 2.64. The van der Waals surface area contributed by atoms with Gasteiger partial charge in [-0.25, -0.2) is 9.55 Å². The highest BCUT2D eigenvalue weighted by Gasteiger charge is 2.26. The van der Waals surface area contributed by atoms with Gasteiger partial charge >= 0.3 is 7.75 Å². The summed E-state index contributed by atoms with van der Waals surface area (Å²) in [4.78, 5) is 40.2. The van der Waals surface area contributed by atoms with Crippen molar-refractivity contribution in [1.29, 1.82) is 0 Å². The molecule has 1 heterocycles. The van der Waals surface area contributed by atoms with Crippen LogP contribution in [0.15, 0.2) is 76.0 Å². The zero-order valence-corrected chi connectivity index (χ0v) is 22.4. The molecule has 2 N–H and O–H groups in total. The van der Waals surface area contributed by atoms with Crippen molar-refractivity contribution in [2.24, 2.45) is 7.05 Å². The molecule has 0 saturated carbocycles. The van der Waals surface area contributed by atoms with Gasteiger partial charge in [-0.15, -0.1) is 0 Å². The number of amides is 1. The third kappa shape index (κ3) is 5.82. The Morgan fingerprint density at radius 1 is 1.14 bits per heavy atom. The molecular formula is C26H25BrN3O5P. The quantitative estimate of drug-likeness (QED) is 0.296. The van der Waals surface area contributed by atoms with E-state index in [0.717, 1.165) is 15.6 Å². The van der Waals surface area contributed by atoms with Crippen LogP contribution in [-0.2, 0) is 22.6 Å². The van der Waals surface area contributed by atoms with E-state index in [1.807, 2.05) is 36.4 Å². The van der Waals surface area contributed by atoms with Gasteiger partial charge in [0.15, 0.2) is 0 Å². The first-order chi connectivity index (χ1) is 17.0. The Bertz CT molecular complexity index is 1550. The van der Waals surface area contributed by atoms with Crippen molar-refractivity contribution in [2.75, 3.05) is 0 Å². The summed E-state index contributed by atoms with van der Waals surface area (Å²) in [7, 11) is -2.59. The van der Waals surface area contributed by atoms with Crippen LogP contribution in [0.25, 0.3) is 22.3 Å². The first-order valence-electron chi connectivity index (χ1n) is 11.2. The Kier molecular flexibility index (Phi) is 7.57. The summed E-state index contributed by atoms with van der Waals surface area (Å²) in [6.07, 6.45) is -0.102. The summed E-state index contributed by atoms with van der Waals surface area (Å²) < 4.78 is 19.5. The maximum atomic E-state index is 12.8. The van der Waals surface area contributed by atoms with Crippen molar-refractivity contribution in [3.8, 4) is 11.4 Å². The van der Waals surface area contributed by atoms with Gasteiger partial charge in [0.05, 0.1) is 17.0 Å². The van der Waals surface area contributed by atoms with E-state index in [2.05, 4.69) is 21.0 Å². The SMILES string of the molecule is CC(C)OP(=O)(O)NC(=O)c1ccccc1Cc1ccc(-c2nc3cc(Br)ccc3c(=O)n2C)cc1. The van der Waals surface area contributed by atoms with Crippen LogP contribution in [0.2, 0.25) is 0 Å². The smallest absolute Gasteiger partial charge is 0.308 e. The van der Waals surface area contributed by atoms with Crippen molar-refractivity contribution < 1.29 is 18.8 Å². The standard InChI is InChI=1S/C26H25BrN3O5P/c1-16(2)35-36(33,34)29-25(31)21-7-5-4-6-19(21)14-17-8-10-18(11-9-17)24-28-23-15-20(27)12-13-22(23)26(32)30(24)3/h4-13,15-16H,14H2,1-3H3,(H2,29,31,33,34). The topological polar surface area (TPSA) is 111 Å². The molecule has 0 fully saturated rings. The highest BCUT2D eigenvalue weighted by molar-refractivity contribution is 9.10. The van der Waals surface area contributed by atoms with Gasteiger partial charge in [0, 0.05) is 22.6 Å². The fourth-order valence-electron chi connectivity index (χ4n) is 3.89. The molecule has 36 heavy (non-hydrogen) atoms. The lowest BCUT2D eigenvalue weighted by molar-refractivity contribution is 0.0960. The predicted octanol–water partition coefficient (Wildman–Crippen LogP) is 5.21. The van der Waals surface area contributed by atoms with Crippen LogP contribution in [0.3, 0.4) is 0 Å². The van der Waals surface area contributed by atoms with Crippen LogP contribution in [0.1, 0.15) is 35.3 Å². The number of carbonyl (C=O) groups excluding carboxylic acids is 1. The fourth-order valence-corrected chi connectivity index (χ4v) is 5.24. The number of halogens is 1. The van der Waals surface area contributed by atoms with E-state index in [4.69, 9.17) is 9.51 Å². The lowest BCUT2D eigenvalue weighted by Gasteiger charge is -2.17. The molecule has 0 bridgehead atoms. The molecule has 0 aliphatic rings. The van der Waals surface area contributed by atoms with Gasteiger partial charge in [0.2, 0.25) is 0 Å². The third-order valence-electron chi connectivity index (χ3n) is 5.50. The number of carbonyl (C=O) groups is 1. The van der Waals surface area contributed by atoms with Gasteiger partial charge in [0.1, 0.15) is 5.82 Å². The zero-order chi connectivity index (χ0) is 26.0. The Morgan fingerprint density at radius 2 is 1.83 bits per heavy atom. The van der Waals surface area contributed by atoms with Crippen LogP contribution in [-0.4, -0.2) is 26.5 Å². The number of nitrogens with one attached hydrogen (secondary N) is 1. The molecule has 0 aliphatic heterocycles. The average molecular weight is 570 g/mol. The molecule has 4 rings (SSSR count). The van der Waals surface area contributed by atoms with E-state index in [1.165, 1.54) is 4.57 Å². The molecule has 10 heteroatoms. The molecule has 4 aromatic rings. The van der Waals surface area contributed by atoms with Crippen molar-refractivity contribution in [2.45, 2.75) is 26.4 Å². The molecule has 3 aromatic carbocycles. The Hall–Kier alpha value is -3.10. The van der Waals surface area contributed by atoms with Crippen LogP contribution in [0.5, 0.6) is 0 Å². The summed E-state index contributed by atoms with van der Waals surface area (Å²) in [5.41, 5.74) is 3.14. The van der Waals surface area contributed by atoms with Gasteiger partial charge in [-0.05, 0) is 55.7 Å². The van der Waals surface area contributed by atoms with Gasteiger partial charge in [-0.2, -0.15) is 0 Å². The molecule has 1 unspecified atom stereocenters. The molecule has 0 radical (unpaired) electrons. The minimum absolute atomic E-state index is 0.130. The molecule has 1 aromatic heterocycles. The second-order valence-electron chi connectivity index (χ2n) is 8.61. The van der Waals surface area contributed by atoms with E-state index in [9.17, 15) is 19.0 Å². The van der Waals surface area contributed by atoms with Crippen molar-refractivity contribution >= 4 is 40.5 Å². The highest BCUT2D eigenvalue weighted by atomic mass is 79.9. The van der Waals surface area contributed by atoms with Crippen molar-refractivity contribution in [3.05, 3.63) is 98.2 Å².